The van der Waals surface area contributed by atoms with Crippen molar-refractivity contribution in [2.75, 3.05) is 5.32 Å². The molecule has 0 amide bonds. The summed E-state index contributed by atoms with van der Waals surface area (Å²) in [5.41, 5.74) is 3.67. The van der Waals surface area contributed by atoms with Crippen molar-refractivity contribution >= 4 is 5.82 Å². The van der Waals surface area contributed by atoms with Crippen LogP contribution < -0.4 is 5.32 Å². The molecule has 4 aromatic rings. The van der Waals surface area contributed by atoms with E-state index in [0.717, 1.165) is 11.1 Å². The predicted molar refractivity (Wildman–Crippen MR) is 97.1 cm³/mol. The predicted octanol–water partition coefficient (Wildman–Crippen LogP) is 3.51. The standard InChI is InChI=1S/C19H16N6O/c1-13-4-6-15(7-5-13)18-22-19(26-25-18)16-8-9-17(24-23-16)21-12-14-3-2-10-20-11-14/h2-11H,12H2,1H3,(H,21,24). The molecule has 0 unspecified atom stereocenters. The number of aryl methyl sites for hydroxylation is 1. The number of pyridine rings is 1. The summed E-state index contributed by atoms with van der Waals surface area (Å²) in [6.45, 7) is 2.66. The van der Waals surface area contributed by atoms with Gasteiger partial charge >= 0.3 is 0 Å². The highest BCUT2D eigenvalue weighted by Crippen LogP contribution is 2.21. The monoisotopic (exact) mass is 344 g/mol. The van der Waals surface area contributed by atoms with Crippen LogP contribution in [-0.4, -0.2) is 25.3 Å². The Bertz CT molecular complexity index is 981. The number of anilines is 1. The van der Waals surface area contributed by atoms with Crippen LogP contribution in [0.2, 0.25) is 0 Å². The Labute approximate surface area is 150 Å². The Hall–Kier alpha value is -3.61. The summed E-state index contributed by atoms with van der Waals surface area (Å²) in [6, 6.07) is 15.4. The third kappa shape index (κ3) is 3.56. The van der Waals surface area contributed by atoms with Gasteiger partial charge in [-0.25, -0.2) is 0 Å². The van der Waals surface area contributed by atoms with Crippen LogP contribution in [0.1, 0.15) is 11.1 Å². The lowest BCUT2D eigenvalue weighted by Gasteiger charge is -2.04. The third-order valence-electron chi connectivity index (χ3n) is 3.82. The second-order valence-electron chi connectivity index (χ2n) is 5.81. The minimum Gasteiger partial charge on any atom is -0.364 e. The first-order valence-electron chi connectivity index (χ1n) is 8.15. The summed E-state index contributed by atoms with van der Waals surface area (Å²) in [4.78, 5) is 8.47. The van der Waals surface area contributed by atoms with Crippen LogP contribution in [0.4, 0.5) is 5.82 Å². The number of nitrogens with zero attached hydrogens (tertiary/aromatic N) is 5. The van der Waals surface area contributed by atoms with Crippen LogP contribution in [-0.2, 0) is 6.54 Å². The molecule has 0 spiro atoms. The Morgan fingerprint density at radius 3 is 2.62 bits per heavy atom. The highest BCUT2D eigenvalue weighted by atomic mass is 16.5. The van der Waals surface area contributed by atoms with Crippen molar-refractivity contribution in [2.24, 2.45) is 0 Å². The van der Waals surface area contributed by atoms with Gasteiger partial charge in [-0.05, 0) is 30.7 Å². The Balaban J connectivity index is 1.46. The van der Waals surface area contributed by atoms with Crippen molar-refractivity contribution in [3.8, 4) is 23.0 Å². The highest BCUT2D eigenvalue weighted by molar-refractivity contribution is 5.58. The minimum absolute atomic E-state index is 0.340. The smallest absolute Gasteiger partial charge is 0.278 e. The van der Waals surface area contributed by atoms with Gasteiger partial charge in [0.25, 0.3) is 5.89 Å². The van der Waals surface area contributed by atoms with E-state index < -0.39 is 0 Å². The van der Waals surface area contributed by atoms with Gasteiger partial charge < -0.3 is 9.84 Å². The average Bonchev–Trinajstić information content (AvgIpc) is 3.18. The molecule has 0 fully saturated rings. The molecular weight excluding hydrogens is 328 g/mol. The maximum absolute atomic E-state index is 5.31. The van der Waals surface area contributed by atoms with Crippen molar-refractivity contribution in [2.45, 2.75) is 13.5 Å². The molecule has 0 saturated carbocycles. The fourth-order valence-corrected chi connectivity index (χ4v) is 2.38. The molecule has 4 rings (SSSR count). The molecule has 7 heteroatoms. The van der Waals surface area contributed by atoms with Gasteiger partial charge in [0.1, 0.15) is 5.82 Å². The lowest BCUT2D eigenvalue weighted by Crippen LogP contribution is -2.02. The molecule has 1 aromatic carbocycles. The van der Waals surface area contributed by atoms with E-state index in [4.69, 9.17) is 4.52 Å². The van der Waals surface area contributed by atoms with Crippen LogP contribution in [0, 0.1) is 6.92 Å². The van der Waals surface area contributed by atoms with Crippen LogP contribution in [0.3, 0.4) is 0 Å². The highest BCUT2D eigenvalue weighted by Gasteiger charge is 2.12. The van der Waals surface area contributed by atoms with Crippen molar-refractivity contribution < 1.29 is 4.52 Å². The van der Waals surface area contributed by atoms with Gasteiger partial charge in [0, 0.05) is 24.5 Å². The molecule has 0 radical (unpaired) electrons. The van der Waals surface area contributed by atoms with Gasteiger partial charge in [0.15, 0.2) is 5.69 Å². The van der Waals surface area contributed by atoms with Crippen molar-refractivity contribution in [3.05, 3.63) is 72.1 Å². The molecule has 0 aliphatic heterocycles. The SMILES string of the molecule is Cc1ccc(-c2noc(-c3ccc(NCc4cccnc4)nn3)n2)cc1. The molecule has 0 aliphatic carbocycles. The van der Waals surface area contributed by atoms with E-state index in [9.17, 15) is 0 Å². The van der Waals surface area contributed by atoms with Crippen LogP contribution in [0.25, 0.3) is 23.0 Å². The van der Waals surface area contributed by atoms with Crippen molar-refractivity contribution in [3.63, 3.8) is 0 Å². The quantitative estimate of drug-likeness (QED) is 0.592. The number of benzene rings is 1. The molecule has 26 heavy (non-hydrogen) atoms. The normalized spacial score (nSPS) is 10.7. The molecular formula is C19H16N6O. The first kappa shape index (κ1) is 15.9. The van der Waals surface area contributed by atoms with Gasteiger partial charge in [-0.3, -0.25) is 4.98 Å². The van der Waals surface area contributed by atoms with E-state index in [1.54, 1.807) is 18.5 Å². The van der Waals surface area contributed by atoms with Crippen LogP contribution in [0.5, 0.6) is 0 Å². The van der Waals surface area contributed by atoms with Crippen molar-refractivity contribution in [1.82, 2.24) is 25.3 Å². The second-order valence-corrected chi connectivity index (χ2v) is 5.81. The maximum atomic E-state index is 5.31. The van der Waals surface area contributed by atoms with Gasteiger partial charge in [-0.1, -0.05) is 41.1 Å². The van der Waals surface area contributed by atoms with Gasteiger partial charge in [0.2, 0.25) is 5.82 Å². The van der Waals surface area contributed by atoms with Gasteiger partial charge in [-0.15, -0.1) is 10.2 Å². The van der Waals surface area contributed by atoms with E-state index >= 15 is 0 Å². The molecule has 128 valence electrons. The summed E-state index contributed by atoms with van der Waals surface area (Å²) in [6.07, 6.45) is 3.55. The number of rotatable bonds is 5. The zero-order chi connectivity index (χ0) is 17.8. The molecule has 0 atom stereocenters. The first-order valence-corrected chi connectivity index (χ1v) is 8.15. The fraction of sp³-hybridized carbons (Fsp3) is 0.105. The first-order chi connectivity index (χ1) is 12.8. The largest absolute Gasteiger partial charge is 0.364 e. The van der Waals surface area contributed by atoms with E-state index in [1.807, 2.05) is 49.4 Å². The Kier molecular flexibility index (Phi) is 4.34. The third-order valence-corrected chi connectivity index (χ3v) is 3.82. The molecule has 3 heterocycles. The Morgan fingerprint density at radius 1 is 1.00 bits per heavy atom. The van der Waals surface area contributed by atoms with E-state index in [1.165, 1.54) is 5.56 Å². The summed E-state index contributed by atoms with van der Waals surface area (Å²) in [7, 11) is 0. The van der Waals surface area contributed by atoms with Gasteiger partial charge in [0.05, 0.1) is 0 Å². The number of hydrogen-bond donors (Lipinski definition) is 1. The van der Waals surface area contributed by atoms with E-state index in [0.29, 0.717) is 29.8 Å². The number of hydrogen-bond acceptors (Lipinski definition) is 7. The zero-order valence-corrected chi connectivity index (χ0v) is 14.1. The number of aromatic nitrogens is 5. The van der Waals surface area contributed by atoms with Gasteiger partial charge in [-0.2, -0.15) is 4.98 Å². The molecule has 3 aromatic heterocycles. The summed E-state index contributed by atoms with van der Waals surface area (Å²) >= 11 is 0. The number of nitrogens with one attached hydrogen (secondary N) is 1. The summed E-state index contributed by atoms with van der Waals surface area (Å²) < 4.78 is 5.31. The lowest BCUT2D eigenvalue weighted by atomic mass is 10.1. The maximum Gasteiger partial charge on any atom is 0.278 e. The van der Waals surface area contributed by atoms with Crippen molar-refractivity contribution in [1.29, 1.82) is 0 Å². The molecule has 7 nitrogen and oxygen atoms in total. The summed E-state index contributed by atoms with van der Waals surface area (Å²) in [5.74, 6) is 1.53. The van der Waals surface area contributed by atoms with E-state index in [2.05, 4.69) is 30.6 Å². The molecule has 0 saturated heterocycles. The molecule has 0 aliphatic rings. The van der Waals surface area contributed by atoms with Crippen LogP contribution in [0.15, 0.2) is 65.4 Å². The molecule has 1 N–H and O–H groups in total. The zero-order valence-electron chi connectivity index (χ0n) is 14.1. The topological polar surface area (TPSA) is 89.6 Å². The van der Waals surface area contributed by atoms with E-state index in [-0.39, 0.29) is 0 Å². The van der Waals surface area contributed by atoms with Crippen LogP contribution >= 0.6 is 0 Å². The molecule has 0 bridgehead atoms. The average molecular weight is 344 g/mol. The Morgan fingerprint density at radius 2 is 1.88 bits per heavy atom. The minimum atomic E-state index is 0.340. The fourth-order valence-electron chi connectivity index (χ4n) is 2.38. The summed E-state index contributed by atoms with van der Waals surface area (Å²) in [5, 5.41) is 15.5. The second kappa shape index (κ2) is 7.10. The lowest BCUT2D eigenvalue weighted by molar-refractivity contribution is 0.430.